The van der Waals surface area contributed by atoms with Gasteiger partial charge >= 0.3 is 0 Å². The molecule has 0 saturated carbocycles. The van der Waals surface area contributed by atoms with E-state index in [4.69, 9.17) is 16.9 Å². The molecule has 2 heterocycles. The summed E-state index contributed by atoms with van der Waals surface area (Å²) in [6.45, 7) is 1.25. The maximum absolute atomic E-state index is 9.25. The maximum Gasteiger partial charge on any atom is 0.172 e. The Bertz CT molecular complexity index is 726. The number of ether oxygens (including phenoxy) is 1. The van der Waals surface area contributed by atoms with Gasteiger partial charge < -0.3 is 20.7 Å². The maximum atomic E-state index is 9.25. The van der Waals surface area contributed by atoms with E-state index in [2.05, 4.69) is 20.9 Å². The fourth-order valence-corrected chi connectivity index (χ4v) is 3.37. The van der Waals surface area contributed by atoms with E-state index in [0.717, 1.165) is 25.0 Å². The minimum Gasteiger partial charge on any atom is -0.394 e. The number of unbranched alkanes of at least 4 members (excludes halogenated alkanes) is 2. The van der Waals surface area contributed by atoms with Crippen LogP contribution in [0.2, 0.25) is 0 Å². The second-order valence-electron chi connectivity index (χ2n) is 5.43. The number of fused-ring (bicyclic) bond motifs is 1. The molecule has 0 aromatic carbocycles. The number of thioether (sulfide) groups is 1. The lowest BCUT2D eigenvalue weighted by atomic mass is 10.3. The minimum absolute atomic E-state index is 0.279. The van der Waals surface area contributed by atoms with Crippen LogP contribution in [0.5, 0.6) is 0 Å². The van der Waals surface area contributed by atoms with Gasteiger partial charge in [0, 0.05) is 12.2 Å². The van der Waals surface area contributed by atoms with E-state index in [-0.39, 0.29) is 13.2 Å². The van der Waals surface area contributed by atoms with Crippen molar-refractivity contribution >= 4 is 28.7 Å². The molecule has 4 N–H and O–H groups in total. The summed E-state index contributed by atoms with van der Waals surface area (Å²) < 4.78 is 7.51. The average molecular weight is 365 g/mol. The minimum atomic E-state index is -0.680. The number of aliphatic hydroxyl groups is 2. The molecule has 0 spiro atoms. The van der Waals surface area contributed by atoms with Gasteiger partial charge in [-0.2, -0.15) is 0 Å². The Morgan fingerprint density at radius 2 is 2.12 bits per heavy atom. The third-order valence-corrected chi connectivity index (χ3v) is 4.62. The number of terminal acetylenes is 1. The first-order valence-corrected chi connectivity index (χ1v) is 9.02. The molecule has 0 bridgehead atoms. The number of aliphatic hydroxyl groups excluding tert-OH is 2. The monoisotopic (exact) mass is 365 g/mol. The number of hydrogen-bond acceptors (Lipinski definition) is 8. The number of anilines is 1. The Morgan fingerprint density at radius 1 is 1.36 bits per heavy atom. The van der Waals surface area contributed by atoms with Crippen molar-refractivity contribution in [2.75, 3.05) is 24.7 Å². The molecule has 2 aromatic heterocycles. The van der Waals surface area contributed by atoms with E-state index in [1.165, 1.54) is 6.33 Å². The zero-order valence-electron chi connectivity index (χ0n) is 14.1. The molecule has 0 aliphatic rings. The van der Waals surface area contributed by atoms with Crippen LogP contribution >= 0.6 is 11.8 Å². The van der Waals surface area contributed by atoms with Crippen molar-refractivity contribution in [2.45, 2.75) is 43.7 Å². The Hall–Kier alpha value is -1.86. The average Bonchev–Trinajstić information content (AvgIpc) is 2.99. The SMILES string of the molecule is C#CCCCCSc1nc2c(N)ncnc2n1[C@@H](C)OC(CO)CO. The van der Waals surface area contributed by atoms with Gasteiger partial charge in [-0.25, -0.2) is 15.0 Å². The lowest BCUT2D eigenvalue weighted by Gasteiger charge is -2.21. The number of hydrogen-bond donors (Lipinski definition) is 3. The van der Waals surface area contributed by atoms with E-state index in [1.807, 2.05) is 0 Å². The van der Waals surface area contributed by atoms with Gasteiger partial charge in [-0.1, -0.05) is 11.8 Å². The van der Waals surface area contributed by atoms with Crippen LogP contribution in [-0.4, -0.2) is 54.8 Å². The van der Waals surface area contributed by atoms with Crippen molar-refractivity contribution in [3.05, 3.63) is 6.33 Å². The summed E-state index contributed by atoms with van der Waals surface area (Å²) in [6.07, 6.45) is 8.14. The summed E-state index contributed by atoms with van der Waals surface area (Å²) in [4.78, 5) is 12.8. The van der Waals surface area contributed by atoms with Crippen molar-refractivity contribution in [1.29, 1.82) is 0 Å². The number of nitrogen functional groups attached to an aromatic ring is 1. The Labute approximate surface area is 150 Å². The van der Waals surface area contributed by atoms with Crippen molar-refractivity contribution in [1.82, 2.24) is 19.5 Å². The summed E-state index contributed by atoms with van der Waals surface area (Å²) in [6, 6.07) is 0. The zero-order chi connectivity index (χ0) is 18.2. The molecule has 1 atom stereocenters. The summed E-state index contributed by atoms with van der Waals surface area (Å²) in [5.74, 6) is 3.77. The number of imidazole rings is 1. The molecule has 2 rings (SSSR count). The van der Waals surface area contributed by atoms with E-state index >= 15 is 0 Å². The van der Waals surface area contributed by atoms with Crippen LogP contribution in [0.25, 0.3) is 11.2 Å². The molecule has 0 aliphatic heterocycles. The topological polar surface area (TPSA) is 119 Å². The number of nitrogens with zero attached hydrogens (tertiary/aromatic N) is 4. The van der Waals surface area contributed by atoms with Crippen LogP contribution in [-0.2, 0) is 4.74 Å². The van der Waals surface area contributed by atoms with Gasteiger partial charge in [-0.05, 0) is 19.8 Å². The highest BCUT2D eigenvalue weighted by Gasteiger charge is 2.22. The van der Waals surface area contributed by atoms with Crippen LogP contribution < -0.4 is 5.73 Å². The highest BCUT2D eigenvalue weighted by molar-refractivity contribution is 7.99. The molecular formula is C16H23N5O3S. The summed E-state index contributed by atoms with van der Waals surface area (Å²) in [5.41, 5.74) is 6.97. The van der Waals surface area contributed by atoms with Gasteiger partial charge in [0.15, 0.2) is 22.1 Å². The molecule has 25 heavy (non-hydrogen) atoms. The quantitative estimate of drug-likeness (QED) is 0.326. The molecule has 0 radical (unpaired) electrons. The predicted molar refractivity (Wildman–Crippen MR) is 96.9 cm³/mol. The first-order valence-electron chi connectivity index (χ1n) is 8.04. The number of rotatable bonds is 10. The molecule has 0 amide bonds. The standard InChI is InChI=1S/C16H23N5O3S/c1-3-4-5-6-7-25-16-20-13-14(17)18-10-19-15(13)21(16)11(2)24-12(8-22)9-23/h1,10-12,22-23H,4-9H2,2H3,(H2,17,18,19)/t11-/m1/s1. The fourth-order valence-electron chi connectivity index (χ4n) is 2.31. The van der Waals surface area contributed by atoms with Crippen LogP contribution in [0.4, 0.5) is 5.82 Å². The normalized spacial score (nSPS) is 12.6. The summed E-state index contributed by atoms with van der Waals surface area (Å²) in [7, 11) is 0. The molecule has 2 aromatic rings. The van der Waals surface area contributed by atoms with E-state index in [9.17, 15) is 10.2 Å². The zero-order valence-corrected chi connectivity index (χ0v) is 14.9. The third kappa shape index (κ3) is 4.83. The van der Waals surface area contributed by atoms with Gasteiger partial charge in [0.2, 0.25) is 0 Å². The predicted octanol–water partition coefficient (Wildman–Crippen LogP) is 1.19. The summed E-state index contributed by atoms with van der Waals surface area (Å²) >= 11 is 1.56. The lowest BCUT2D eigenvalue weighted by Crippen LogP contribution is -2.26. The van der Waals surface area contributed by atoms with Gasteiger partial charge in [0.1, 0.15) is 18.7 Å². The molecule has 0 unspecified atom stereocenters. The molecule has 0 saturated heterocycles. The van der Waals surface area contributed by atoms with Gasteiger partial charge in [-0.15, -0.1) is 12.3 Å². The summed E-state index contributed by atoms with van der Waals surface area (Å²) in [5, 5.41) is 19.2. The second kappa shape index (κ2) is 9.58. The third-order valence-electron chi connectivity index (χ3n) is 3.58. The van der Waals surface area contributed by atoms with E-state index in [0.29, 0.717) is 22.1 Å². The second-order valence-corrected chi connectivity index (χ2v) is 6.49. The van der Waals surface area contributed by atoms with Crippen molar-refractivity contribution in [2.24, 2.45) is 0 Å². The lowest BCUT2D eigenvalue weighted by molar-refractivity contribution is -0.0869. The molecule has 136 valence electrons. The number of nitrogens with two attached hydrogens (primary N) is 1. The van der Waals surface area contributed by atoms with Crippen LogP contribution in [0.3, 0.4) is 0 Å². The van der Waals surface area contributed by atoms with Crippen LogP contribution in [0.1, 0.15) is 32.4 Å². The molecule has 9 heteroatoms. The van der Waals surface area contributed by atoms with Crippen molar-refractivity contribution in [3.63, 3.8) is 0 Å². The molecule has 8 nitrogen and oxygen atoms in total. The van der Waals surface area contributed by atoms with Gasteiger partial charge in [0.05, 0.1) is 13.2 Å². The Balaban J connectivity index is 2.26. The van der Waals surface area contributed by atoms with Crippen molar-refractivity contribution in [3.8, 4) is 12.3 Å². The Kier molecular flexibility index (Phi) is 7.46. The highest BCUT2D eigenvalue weighted by Crippen LogP contribution is 2.30. The molecule has 0 aliphatic carbocycles. The first kappa shape index (κ1) is 19.5. The van der Waals surface area contributed by atoms with Gasteiger partial charge in [-0.3, -0.25) is 4.57 Å². The highest BCUT2D eigenvalue weighted by atomic mass is 32.2. The molecule has 0 fully saturated rings. The Morgan fingerprint density at radius 3 is 2.80 bits per heavy atom. The molecular weight excluding hydrogens is 342 g/mol. The first-order chi connectivity index (χ1) is 12.1. The smallest absolute Gasteiger partial charge is 0.172 e. The van der Waals surface area contributed by atoms with E-state index < -0.39 is 12.3 Å². The van der Waals surface area contributed by atoms with Gasteiger partial charge in [0.25, 0.3) is 0 Å². The fraction of sp³-hybridized carbons (Fsp3) is 0.562. The van der Waals surface area contributed by atoms with Crippen LogP contribution in [0, 0.1) is 12.3 Å². The van der Waals surface area contributed by atoms with E-state index in [1.54, 1.807) is 23.3 Å². The van der Waals surface area contributed by atoms with Crippen LogP contribution in [0.15, 0.2) is 11.5 Å². The number of aromatic nitrogens is 4. The van der Waals surface area contributed by atoms with Crippen molar-refractivity contribution < 1.29 is 14.9 Å². The largest absolute Gasteiger partial charge is 0.394 e.